The standard InChI is InChI=1S/C20H18BrNO3S2/c1-12-4-3-5-13(2)18(12)25-9-8-24-16-7-6-15(21)10-14(16)11-17-19(23)22-20(26)27-17/h3-7,10-11H,8-9H2,1-2H3,(H,22,23,26)/b17-11+. The van der Waals surface area contributed by atoms with Gasteiger partial charge in [-0.1, -0.05) is 58.1 Å². The van der Waals surface area contributed by atoms with Crippen molar-refractivity contribution in [2.45, 2.75) is 13.8 Å². The third-order valence-corrected chi connectivity index (χ3v) is 5.55. The number of para-hydroxylation sites is 1. The van der Waals surface area contributed by atoms with Crippen LogP contribution in [0.4, 0.5) is 0 Å². The van der Waals surface area contributed by atoms with E-state index >= 15 is 0 Å². The number of nitrogens with one attached hydrogen (secondary N) is 1. The van der Waals surface area contributed by atoms with Crippen molar-refractivity contribution in [3.63, 3.8) is 0 Å². The van der Waals surface area contributed by atoms with Crippen LogP contribution in [0.5, 0.6) is 11.5 Å². The van der Waals surface area contributed by atoms with Crippen LogP contribution in [0.15, 0.2) is 45.8 Å². The Kier molecular flexibility index (Phi) is 6.57. The summed E-state index contributed by atoms with van der Waals surface area (Å²) in [5.41, 5.74) is 3.01. The Hall–Kier alpha value is -1.83. The van der Waals surface area contributed by atoms with Gasteiger partial charge in [0.25, 0.3) is 5.91 Å². The highest BCUT2D eigenvalue weighted by atomic mass is 79.9. The normalized spacial score (nSPS) is 15.1. The lowest BCUT2D eigenvalue weighted by molar-refractivity contribution is -0.115. The second-order valence-corrected chi connectivity index (χ2v) is 8.59. The third kappa shape index (κ3) is 5.12. The lowest BCUT2D eigenvalue weighted by atomic mass is 10.1. The van der Waals surface area contributed by atoms with Crippen molar-refractivity contribution in [3.8, 4) is 11.5 Å². The van der Waals surface area contributed by atoms with Crippen molar-refractivity contribution in [1.29, 1.82) is 0 Å². The summed E-state index contributed by atoms with van der Waals surface area (Å²) >= 11 is 9.74. The third-order valence-electron chi connectivity index (χ3n) is 3.90. The number of rotatable bonds is 6. The monoisotopic (exact) mass is 463 g/mol. The Balaban J connectivity index is 1.68. The number of halogens is 1. The predicted molar refractivity (Wildman–Crippen MR) is 117 cm³/mol. The van der Waals surface area contributed by atoms with Gasteiger partial charge in [-0.15, -0.1) is 0 Å². The predicted octanol–water partition coefficient (Wildman–Crippen LogP) is 5.01. The number of amides is 1. The van der Waals surface area contributed by atoms with E-state index in [1.54, 1.807) is 6.08 Å². The van der Waals surface area contributed by atoms with Crippen LogP contribution in [0.1, 0.15) is 16.7 Å². The molecule has 7 heteroatoms. The van der Waals surface area contributed by atoms with Crippen molar-refractivity contribution in [1.82, 2.24) is 5.32 Å². The fourth-order valence-electron chi connectivity index (χ4n) is 2.65. The SMILES string of the molecule is Cc1cccc(C)c1OCCOc1ccc(Br)cc1/C=C1/SC(=S)NC1=O. The van der Waals surface area contributed by atoms with Crippen LogP contribution in [-0.4, -0.2) is 23.4 Å². The molecule has 0 spiro atoms. The molecule has 2 aromatic carbocycles. The van der Waals surface area contributed by atoms with Gasteiger partial charge in [0.15, 0.2) is 0 Å². The Morgan fingerprint density at radius 2 is 1.85 bits per heavy atom. The zero-order valence-corrected chi connectivity index (χ0v) is 18.1. The van der Waals surface area contributed by atoms with Gasteiger partial charge in [0.05, 0.1) is 4.91 Å². The van der Waals surface area contributed by atoms with E-state index in [9.17, 15) is 4.79 Å². The lowest BCUT2D eigenvalue weighted by Crippen LogP contribution is -2.17. The van der Waals surface area contributed by atoms with E-state index in [0.717, 1.165) is 26.9 Å². The van der Waals surface area contributed by atoms with Gasteiger partial charge in [0.2, 0.25) is 0 Å². The summed E-state index contributed by atoms with van der Waals surface area (Å²) in [5, 5.41) is 2.62. The van der Waals surface area contributed by atoms with E-state index in [1.165, 1.54) is 11.8 Å². The average Bonchev–Trinajstić information content (AvgIpc) is 2.92. The number of thiocarbonyl (C=S) groups is 1. The Labute approximate surface area is 176 Å². The lowest BCUT2D eigenvalue weighted by Gasteiger charge is -2.14. The van der Waals surface area contributed by atoms with Crippen LogP contribution in [0.25, 0.3) is 6.08 Å². The van der Waals surface area contributed by atoms with Gasteiger partial charge in [-0.2, -0.15) is 0 Å². The average molecular weight is 464 g/mol. The zero-order valence-electron chi connectivity index (χ0n) is 14.9. The van der Waals surface area contributed by atoms with Crippen molar-refractivity contribution in [2.75, 3.05) is 13.2 Å². The van der Waals surface area contributed by atoms with Gasteiger partial charge in [-0.3, -0.25) is 4.79 Å². The van der Waals surface area contributed by atoms with Gasteiger partial charge in [0, 0.05) is 10.0 Å². The van der Waals surface area contributed by atoms with E-state index in [0.29, 0.717) is 28.2 Å². The van der Waals surface area contributed by atoms with Crippen molar-refractivity contribution >= 4 is 56.2 Å². The number of thioether (sulfide) groups is 1. The highest BCUT2D eigenvalue weighted by Crippen LogP contribution is 2.31. The van der Waals surface area contributed by atoms with Crippen LogP contribution in [0.2, 0.25) is 0 Å². The first-order valence-electron chi connectivity index (χ1n) is 8.30. The molecule has 0 atom stereocenters. The molecule has 0 aromatic heterocycles. The summed E-state index contributed by atoms with van der Waals surface area (Å²) < 4.78 is 13.2. The molecule has 4 nitrogen and oxygen atoms in total. The molecule has 0 radical (unpaired) electrons. The molecule has 1 amide bonds. The van der Waals surface area contributed by atoms with E-state index in [-0.39, 0.29) is 5.91 Å². The number of hydrogen-bond acceptors (Lipinski definition) is 5. The van der Waals surface area contributed by atoms with Gasteiger partial charge in [-0.05, 0) is 49.2 Å². The molecule has 1 fully saturated rings. The fourth-order valence-corrected chi connectivity index (χ4v) is 4.06. The minimum atomic E-state index is -0.186. The molecule has 0 bridgehead atoms. The largest absolute Gasteiger partial charge is 0.489 e. The number of aryl methyl sites for hydroxylation is 2. The molecule has 0 saturated carbocycles. The summed E-state index contributed by atoms with van der Waals surface area (Å²) in [6, 6.07) is 11.7. The number of carbonyl (C=O) groups is 1. The maximum atomic E-state index is 11.9. The Morgan fingerprint density at radius 3 is 2.52 bits per heavy atom. The van der Waals surface area contributed by atoms with Crippen LogP contribution in [0.3, 0.4) is 0 Å². The quantitative estimate of drug-likeness (QED) is 0.370. The molecule has 3 rings (SSSR count). The molecular formula is C20H18BrNO3S2. The smallest absolute Gasteiger partial charge is 0.263 e. The first-order valence-corrected chi connectivity index (χ1v) is 10.3. The van der Waals surface area contributed by atoms with Crippen LogP contribution in [0, 0.1) is 13.8 Å². The molecule has 140 valence electrons. The number of hydrogen-bond donors (Lipinski definition) is 1. The molecule has 1 N–H and O–H groups in total. The van der Waals surface area contributed by atoms with E-state index in [1.807, 2.05) is 50.2 Å². The maximum absolute atomic E-state index is 11.9. The second kappa shape index (κ2) is 8.91. The summed E-state index contributed by atoms with van der Waals surface area (Å²) in [7, 11) is 0. The van der Waals surface area contributed by atoms with Gasteiger partial charge in [-0.25, -0.2) is 0 Å². The van der Waals surface area contributed by atoms with Crippen molar-refractivity contribution in [3.05, 3.63) is 62.5 Å². The summed E-state index contributed by atoms with van der Waals surface area (Å²) in [4.78, 5) is 12.5. The summed E-state index contributed by atoms with van der Waals surface area (Å²) in [6.45, 7) is 4.87. The number of benzene rings is 2. The van der Waals surface area contributed by atoms with Gasteiger partial charge >= 0.3 is 0 Å². The van der Waals surface area contributed by atoms with Crippen molar-refractivity contribution < 1.29 is 14.3 Å². The first-order chi connectivity index (χ1) is 12.9. The Morgan fingerprint density at radius 1 is 1.15 bits per heavy atom. The molecule has 27 heavy (non-hydrogen) atoms. The van der Waals surface area contributed by atoms with E-state index in [2.05, 4.69) is 21.2 Å². The highest BCUT2D eigenvalue weighted by Gasteiger charge is 2.22. The first kappa shape index (κ1) is 19.9. The van der Waals surface area contributed by atoms with E-state index in [4.69, 9.17) is 21.7 Å². The molecule has 1 aliphatic rings. The molecule has 1 heterocycles. The van der Waals surface area contributed by atoms with Crippen LogP contribution < -0.4 is 14.8 Å². The van der Waals surface area contributed by atoms with Gasteiger partial charge in [0.1, 0.15) is 29.0 Å². The molecule has 2 aromatic rings. The highest BCUT2D eigenvalue weighted by molar-refractivity contribution is 9.10. The molecular weight excluding hydrogens is 446 g/mol. The Bertz CT molecular complexity index is 907. The summed E-state index contributed by atoms with van der Waals surface area (Å²) in [6.07, 6.45) is 1.78. The zero-order chi connectivity index (χ0) is 19.4. The summed E-state index contributed by atoms with van der Waals surface area (Å²) in [5.74, 6) is 1.39. The van der Waals surface area contributed by atoms with Gasteiger partial charge < -0.3 is 14.8 Å². The number of carbonyl (C=O) groups excluding carboxylic acids is 1. The minimum absolute atomic E-state index is 0.186. The molecule has 1 saturated heterocycles. The van der Waals surface area contributed by atoms with Crippen LogP contribution >= 0.6 is 39.9 Å². The number of ether oxygens (including phenoxy) is 2. The molecule has 1 aliphatic heterocycles. The molecule has 0 unspecified atom stereocenters. The van der Waals surface area contributed by atoms with Crippen LogP contribution in [-0.2, 0) is 4.79 Å². The second-order valence-electron chi connectivity index (χ2n) is 5.95. The minimum Gasteiger partial charge on any atom is -0.489 e. The van der Waals surface area contributed by atoms with E-state index < -0.39 is 0 Å². The van der Waals surface area contributed by atoms with Crippen molar-refractivity contribution in [2.24, 2.45) is 0 Å². The topological polar surface area (TPSA) is 47.6 Å². The maximum Gasteiger partial charge on any atom is 0.263 e. The molecule has 0 aliphatic carbocycles. The fraction of sp³-hybridized carbons (Fsp3) is 0.200.